The number of likely N-dealkylation sites (tertiary alicyclic amines) is 1. The number of hydrogen-bond acceptors (Lipinski definition) is 4. The minimum Gasteiger partial charge on any atom is -0.376 e. The van der Waals surface area contributed by atoms with E-state index in [4.69, 9.17) is 4.74 Å². The Morgan fingerprint density at radius 2 is 2.21 bits per heavy atom. The number of ether oxygens (including phenoxy) is 1. The smallest absolute Gasteiger partial charge is 0.239 e. The highest BCUT2D eigenvalue weighted by Gasteiger charge is 2.31. The molecule has 1 aromatic rings. The minimum atomic E-state index is -0.00690. The highest BCUT2D eigenvalue weighted by atomic mass is 16.5. The van der Waals surface area contributed by atoms with Crippen LogP contribution < -0.4 is 0 Å². The highest BCUT2D eigenvalue weighted by molar-refractivity contribution is 5.81. The number of carbonyl (C=O) groups is 1. The first-order valence-corrected chi connectivity index (χ1v) is 9.23. The van der Waals surface area contributed by atoms with Crippen molar-refractivity contribution in [1.29, 1.82) is 0 Å². The Labute approximate surface area is 145 Å². The molecule has 132 valence electrons. The molecule has 0 saturated carbocycles. The van der Waals surface area contributed by atoms with Crippen LogP contribution in [0.25, 0.3) is 0 Å². The highest BCUT2D eigenvalue weighted by Crippen LogP contribution is 2.22. The lowest BCUT2D eigenvalue weighted by atomic mass is 9.99. The van der Waals surface area contributed by atoms with Gasteiger partial charge in [-0.15, -0.1) is 0 Å². The fraction of sp³-hybridized carbons (Fsp3) is 0.684. The van der Waals surface area contributed by atoms with Crippen LogP contribution in [0.5, 0.6) is 0 Å². The van der Waals surface area contributed by atoms with Crippen LogP contribution in [0.3, 0.4) is 0 Å². The first-order valence-electron chi connectivity index (χ1n) is 9.23. The summed E-state index contributed by atoms with van der Waals surface area (Å²) in [5.74, 6) is 0.243. The SMILES string of the molecule is CN(C[C@@H]1CCCCO1)C(=O)[C@@H]1CCCCN1Cc1cccnc1. The Hall–Kier alpha value is -1.46. The van der Waals surface area contributed by atoms with Gasteiger partial charge in [0.25, 0.3) is 0 Å². The van der Waals surface area contributed by atoms with E-state index in [-0.39, 0.29) is 18.1 Å². The van der Waals surface area contributed by atoms with Crippen LogP contribution in [0.4, 0.5) is 0 Å². The lowest BCUT2D eigenvalue weighted by Crippen LogP contribution is -2.51. The summed E-state index contributed by atoms with van der Waals surface area (Å²) in [4.78, 5) is 21.4. The number of rotatable bonds is 5. The van der Waals surface area contributed by atoms with Crippen molar-refractivity contribution in [1.82, 2.24) is 14.8 Å². The third kappa shape index (κ3) is 4.54. The molecule has 3 rings (SSSR count). The number of likely N-dealkylation sites (N-methyl/N-ethyl adjacent to an activating group) is 1. The second-order valence-electron chi connectivity index (χ2n) is 7.05. The molecule has 2 saturated heterocycles. The summed E-state index contributed by atoms with van der Waals surface area (Å²) in [7, 11) is 1.93. The van der Waals surface area contributed by atoms with Gasteiger partial charge in [0.15, 0.2) is 0 Å². The van der Waals surface area contributed by atoms with Gasteiger partial charge in [0, 0.05) is 39.1 Å². The van der Waals surface area contributed by atoms with Gasteiger partial charge in [-0.1, -0.05) is 12.5 Å². The molecule has 2 aliphatic heterocycles. The lowest BCUT2D eigenvalue weighted by Gasteiger charge is -2.37. The van der Waals surface area contributed by atoms with E-state index in [2.05, 4.69) is 16.0 Å². The Kier molecular flexibility index (Phi) is 6.21. The zero-order valence-electron chi connectivity index (χ0n) is 14.7. The molecule has 2 fully saturated rings. The van der Waals surface area contributed by atoms with E-state index < -0.39 is 0 Å². The Balaban J connectivity index is 1.59. The van der Waals surface area contributed by atoms with E-state index in [0.29, 0.717) is 0 Å². The molecule has 0 spiro atoms. The van der Waals surface area contributed by atoms with E-state index >= 15 is 0 Å². The van der Waals surface area contributed by atoms with E-state index in [1.807, 2.05) is 24.2 Å². The number of pyridine rings is 1. The van der Waals surface area contributed by atoms with Crippen molar-refractivity contribution in [2.75, 3.05) is 26.7 Å². The normalized spacial score (nSPS) is 25.4. The van der Waals surface area contributed by atoms with Crippen molar-refractivity contribution in [2.24, 2.45) is 0 Å². The molecule has 0 N–H and O–H groups in total. The average molecular weight is 331 g/mol. The third-order valence-electron chi connectivity index (χ3n) is 5.13. The van der Waals surface area contributed by atoms with Crippen LogP contribution >= 0.6 is 0 Å². The first kappa shape index (κ1) is 17.4. The molecule has 5 nitrogen and oxygen atoms in total. The zero-order chi connectivity index (χ0) is 16.8. The average Bonchev–Trinajstić information content (AvgIpc) is 2.63. The van der Waals surface area contributed by atoms with Crippen molar-refractivity contribution < 1.29 is 9.53 Å². The van der Waals surface area contributed by atoms with E-state index in [1.54, 1.807) is 6.20 Å². The Bertz CT molecular complexity index is 517. The second kappa shape index (κ2) is 8.58. The van der Waals surface area contributed by atoms with Gasteiger partial charge >= 0.3 is 0 Å². The maximum Gasteiger partial charge on any atom is 0.239 e. The molecular formula is C19H29N3O2. The van der Waals surface area contributed by atoms with Crippen LogP contribution in [0.2, 0.25) is 0 Å². The summed E-state index contributed by atoms with van der Waals surface area (Å²) in [5.41, 5.74) is 1.18. The molecule has 0 aromatic carbocycles. The molecule has 5 heteroatoms. The number of aromatic nitrogens is 1. The molecule has 0 radical (unpaired) electrons. The maximum atomic E-state index is 13.0. The summed E-state index contributed by atoms with van der Waals surface area (Å²) in [5, 5.41) is 0. The topological polar surface area (TPSA) is 45.7 Å². The third-order valence-corrected chi connectivity index (χ3v) is 5.13. The van der Waals surface area contributed by atoms with E-state index in [9.17, 15) is 4.79 Å². The van der Waals surface area contributed by atoms with Gasteiger partial charge in [0.1, 0.15) is 0 Å². The zero-order valence-corrected chi connectivity index (χ0v) is 14.7. The van der Waals surface area contributed by atoms with Gasteiger partial charge in [-0.3, -0.25) is 14.7 Å². The molecular weight excluding hydrogens is 302 g/mol. The van der Waals surface area contributed by atoms with Gasteiger partial charge in [0.2, 0.25) is 5.91 Å². The van der Waals surface area contributed by atoms with Gasteiger partial charge in [-0.05, 0) is 50.3 Å². The molecule has 1 amide bonds. The van der Waals surface area contributed by atoms with Crippen molar-refractivity contribution in [3.63, 3.8) is 0 Å². The summed E-state index contributed by atoms with van der Waals surface area (Å²) in [6.45, 7) is 3.34. The quantitative estimate of drug-likeness (QED) is 0.831. The predicted molar refractivity (Wildman–Crippen MR) is 93.5 cm³/mol. The number of carbonyl (C=O) groups excluding carboxylic acids is 1. The molecule has 24 heavy (non-hydrogen) atoms. The minimum absolute atomic E-state index is 0.00690. The molecule has 3 heterocycles. The van der Waals surface area contributed by atoms with Crippen LogP contribution in [-0.4, -0.2) is 59.6 Å². The summed E-state index contributed by atoms with van der Waals surface area (Å²) < 4.78 is 5.79. The van der Waals surface area contributed by atoms with E-state index in [1.165, 1.54) is 18.4 Å². The van der Waals surface area contributed by atoms with Crippen LogP contribution in [0.1, 0.15) is 44.1 Å². The monoisotopic (exact) mass is 331 g/mol. The van der Waals surface area contributed by atoms with Crippen molar-refractivity contribution in [3.8, 4) is 0 Å². The predicted octanol–water partition coefficient (Wildman–Crippen LogP) is 2.46. The number of hydrogen-bond donors (Lipinski definition) is 0. The molecule has 2 aliphatic rings. The van der Waals surface area contributed by atoms with Gasteiger partial charge in [0.05, 0.1) is 12.1 Å². The Morgan fingerprint density at radius 3 is 2.96 bits per heavy atom. The second-order valence-corrected chi connectivity index (χ2v) is 7.05. The maximum absolute atomic E-state index is 13.0. The molecule has 2 atom stereocenters. The molecule has 0 bridgehead atoms. The van der Waals surface area contributed by atoms with Gasteiger partial charge in [-0.25, -0.2) is 0 Å². The van der Waals surface area contributed by atoms with Crippen LogP contribution in [0.15, 0.2) is 24.5 Å². The standard InChI is InChI=1S/C19H29N3O2/c1-21(15-17-8-3-5-12-24-17)19(23)18-9-2-4-11-22(18)14-16-7-6-10-20-13-16/h6-7,10,13,17-18H,2-5,8-9,11-12,14-15H2,1H3/t17-,18-/m0/s1. The van der Waals surface area contributed by atoms with Gasteiger partial charge < -0.3 is 9.64 Å². The molecule has 0 aliphatic carbocycles. The summed E-state index contributed by atoms with van der Waals surface area (Å²) in [6, 6.07) is 4.04. The van der Waals surface area contributed by atoms with Crippen molar-refractivity contribution >= 4 is 5.91 Å². The fourth-order valence-electron chi connectivity index (χ4n) is 3.79. The van der Waals surface area contributed by atoms with Gasteiger partial charge in [-0.2, -0.15) is 0 Å². The van der Waals surface area contributed by atoms with E-state index in [0.717, 1.165) is 51.9 Å². The number of amides is 1. The first-order chi connectivity index (χ1) is 11.7. The number of piperidine rings is 1. The molecule has 0 unspecified atom stereocenters. The van der Waals surface area contributed by atoms with Crippen LogP contribution in [-0.2, 0) is 16.1 Å². The molecule has 1 aromatic heterocycles. The summed E-state index contributed by atoms with van der Waals surface area (Å²) in [6.07, 6.45) is 10.6. The van der Waals surface area contributed by atoms with Crippen molar-refractivity contribution in [2.45, 2.75) is 57.2 Å². The van der Waals surface area contributed by atoms with Crippen molar-refractivity contribution in [3.05, 3.63) is 30.1 Å². The summed E-state index contributed by atoms with van der Waals surface area (Å²) >= 11 is 0. The lowest BCUT2D eigenvalue weighted by molar-refractivity contribution is -0.139. The fourth-order valence-corrected chi connectivity index (χ4v) is 3.79. The van der Waals surface area contributed by atoms with Crippen LogP contribution in [0, 0.1) is 0 Å². The largest absolute Gasteiger partial charge is 0.376 e. The Morgan fingerprint density at radius 1 is 1.33 bits per heavy atom. The number of nitrogens with zero attached hydrogens (tertiary/aromatic N) is 3.